The Hall–Kier alpha value is -4.63. The number of hydrogen-bond donors (Lipinski definition) is 4. The molecule has 206 valence electrons. The Morgan fingerprint density at radius 2 is 1.90 bits per heavy atom. The zero-order valence-corrected chi connectivity index (χ0v) is 22.9. The van der Waals surface area contributed by atoms with Crippen LogP contribution in [-0.2, 0) is 14.3 Å². The van der Waals surface area contributed by atoms with Gasteiger partial charge in [0.05, 0.1) is 18.8 Å². The van der Waals surface area contributed by atoms with Gasteiger partial charge < -0.3 is 25.7 Å². The molecular weight excluding hydrogens is 530 g/mol. The predicted octanol–water partition coefficient (Wildman–Crippen LogP) is 5.86. The molecule has 0 radical (unpaired) electrons. The molecule has 0 aliphatic carbocycles. The third kappa shape index (κ3) is 6.68. The van der Waals surface area contributed by atoms with Crippen molar-refractivity contribution in [1.82, 2.24) is 15.3 Å². The monoisotopic (exact) mass is 559 g/mol. The zero-order valence-electron chi connectivity index (χ0n) is 22.2. The molecule has 5 rings (SSSR count). The molecule has 3 aromatic carbocycles. The Labute approximate surface area is 237 Å². The lowest BCUT2D eigenvalue weighted by Gasteiger charge is -2.16. The number of fused-ring (bicyclic) bond motifs is 5. The quantitative estimate of drug-likeness (QED) is 0.183. The first-order valence-electron chi connectivity index (χ1n) is 12.7. The highest BCUT2D eigenvalue weighted by Gasteiger charge is 2.23. The molecule has 1 atom stereocenters. The summed E-state index contributed by atoms with van der Waals surface area (Å²) in [5, 5.41) is 11.4. The summed E-state index contributed by atoms with van der Waals surface area (Å²) in [5.41, 5.74) is 3.27. The minimum Gasteiger partial charge on any atom is -0.471 e. The first-order valence-corrected chi connectivity index (χ1v) is 13.1. The van der Waals surface area contributed by atoms with Crippen molar-refractivity contribution in [3.8, 4) is 11.3 Å². The fourth-order valence-corrected chi connectivity index (χ4v) is 4.64. The van der Waals surface area contributed by atoms with Crippen LogP contribution in [0.25, 0.3) is 22.0 Å². The highest BCUT2D eigenvalue weighted by atomic mass is 35.5. The summed E-state index contributed by atoms with van der Waals surface area (Å²) in [7, 11) is 3.13. The van der Waals surface area contributed by atoms with E-state index in [0.717, 1.165) is 16.5 Å². The van der Waals surface area contributed by atoms with E-state index in [0.29, 0.717) is 59.2 Å². The number of halogens is 1. The second-order valence-corrected chi connectivity index (χ2v) is 9.35. The lowest BCUT2D eigenvalue weighted by molar-refractivity contribution is -0.126. The number of nitrogens with one attached hydrogen (secondary N) is 4. The van der Waals surface area contributed by atoms with Gasteiger partial charge >= 0.3 is 0 Å². The van der Waals surface area contributed by atoms with Crippen LogP contribution in [0.1, 0.15) is 41.5 Å². The number of nitrogens with zero attached hydrogens (tertiary/aromatic N) is 1. The maximum atomic E-state index is 13.4. The molecule has 4 N–H and O–H groups in total. The van der Waals surface area contributed by atoms with Crippen LogP contribution in [0.15, 0.2) is 72.8 Å². The second kappa shape index (κ2) is 13.4. The van der Waals surface area contributed by atoms with E-state index in [1.807, 2.05) is 79.9 Å². The van der Waals surface area contributed by atoms with E-state index in [9.17, 15) is 9.59 Å². The van der Waals surface area contributed by atoms with Gasteiger partial charge in [0, 0.05) is 30.3 Å². The topological polar surface area (TPSA) is 125 Å². The number of aromatic amines is 1. The zero-order chi connectivity index (χ0) is 28.5. The molecule has 0 saturated heterocycles. The molecule has 0 saturated carbocycles. The summed E-state index contributed by atoms with van der Waals surface area (Å²) in [5.74, 6) is 0.253. The standard InChI is InChI=1S/C28H26ClN5O2.C2H4O2/c1-30-18-14-15-21-23(16-18)31-24(35)13-4-2-3-12-22(27-33-25(21)26(29)34-27)32-28(36)20-11-7-9-17-8-5-6-10-19(17)20;1-4-2-3/h2-3,5-11,14-16,22,30H,4,12-13H2,1H3,(H,31,35)(H,32,36)(H,33,34);2H,1H3/b3-2+;/t22-;/m0./s1. The summed E-state index contributed by atoms with van der Waals surface area (Å²) in [6.07, 6.45) is 5.32. The van der Waals surface area contributed by atoms with Crippen LogP contribution in [0.3, 0.4) is 0 Å². The Balaban J connectivity index is 0.000000867. The first kappa shape index (κ1) is 28.4. The lowest BCUT2D eigenvalue weighted by Crippen LogP contribution is -2.29. The minimum atomic E-state index is -0.441. The number of rotatable bonds is 4. The lowest BCUT2D eigenvalue weighted by atomic mass is 10.0. The van der Waals surface area contributed by atoms with Crippen LogP contribution in [0.2, 0.25) is 5.15 Å². The molecule has 2 amide bonds. The molecule has 1 aliphatic rings. The number of anilines is 2. The number of carbonyl (C=O) groups is 3. The average Bonchev–Trinajstić information content (AvgIpc) is 3.36. The van der Waals surface area contributed by atoms with Gasteiger partial charge in [-0.3, -0.25) is 14.4 Å². The number of hydrogen-bond acceptors (Lipinski definition) is 6. The van der Waals surface area contributed by atoms with Gasteiger partial charge in [-0.25, -0.2) is 4.98 Å². The van der Waals surface area contributed by atoms with Gasteiger partial charge in [-0.15, -0.1) is 0 Å². The Morgan fingerprint density at radius 1 is 1.12 bits per heavy atom. The summed E-state index contributed by atoms with van der Waals surface area (Å²) in [6, 6.07) is 18.7. The second-order valence-electron chi connectivity index (χ2n) is 8.97. The number of imidazole rings is 1. The number of H-pyrrole nitrogens is 1. The van der Waals surface area contributed by atoms with Crippen LogP contribution in [-0.4, -0.2) is 42.4 Å². The van der Waals surface area contributed by atoms with E-state index in [-0.39, 0.29) is 11.8 Å². The first-order chi connectivity index (χ1) is 19.4. The highest BCUT2D eigenvalue weighted by molar-refractivity contribution is 6.32. The van der Waals surface area contributed by atoms with Gasteiger partial charge in [-0.2, -0.15) is 0 Å². The van der Waals surface area contributed by atoms with Crippen molar-refractivity contribution in [1.29, 1.82) is 0 Å². The van der Waals surface area contributed by atoms with Crippen LogP contribution in [0.5, 0.6) is 0 Å². The molecule has 1 aromatic heterocycles. The van der Waals surface area contributed by atoms with Gasteiger partial charge in [-0.05, 0) is 47.9 Å². The molecule has 2 bridgehead atoms. The minimum absolute atomic E-state index is 0.0962. The number of ether oxygens (including phenoxy) is 1. The molecule has 40 heavy (non-hydrogen) atoms. The Bertz CT molecular complexity index is 1540. The van der Waals surface area contributed by atoms with Gasteiger partial charge in [0.2, 0.25) is 5.91 Å². The fraction of sp³-hybridized carbons (Fsp3) is 0.200. The highest BCUT2D eigenvalue weighted by Crippen LogP contribution is 2.35. The van der Waals surface area contributed by atoms with Crippen molar-refractivity contribution in [3.63, 3.8) is 0 Å². The number of benzene rings is 3. The van der Waals surface area contributed by atoms with Gasteiger partial charge in [0.25, 0.3) is 12.4 Å². The summed E-state index contributed by atoms with van der Waals surface area (Å²) < 4.78 is 3.86. The smallest absolute Gasteiger partial charge is 0.292 e. The van der Waals surface area contributed by atoms with Crippen LogP contribution in [0.4, 0.5) is 11.4 Å². The third-order valence-electron chi connectivity index (χ3n) is 6.36. The number of methoxy groups -OCH3 is 1. The summed E-state index contributed by atoms with van der Waals surface area (Å²) in [4.78, 5) is 42.9. The molecule has 2 heterocycles. The van der Waals surface area contributed by atoms with E-state index >= 15 is 0 Å². The van der Waals surface area contributed by atoms with E-state index in [4.69, 9.17) is 21.4 Å². The van der Waals surface area contributed by atoms with Crippen LogP contribution in [0, 0.1) is 0 Å². The SMILES string of the molecule is CNc1ccc2c(c1)NC(=O)CC/C=C/C[C@H](NC(=O)c1cccc3ccccc13)c1nc-2c(Cl)[nH]1.COC=O. The predicted molar refractivity (Wildman–Crippen MR) is 157 cm³/mol. The molecule has 10 heteroatoms. The average molecular weight is 560 g/mol. The number of amides is 2. The summed E-state index contributed by atoms with van der Waals surface area (Å²) in [6.45, 7) is 0.375. The summed E-state index contributed by atoms with van der Waals surface area (Å²) >= 11 is 6.61. The van der Waals surface area contributed by atoms with Crippen molar-refractivity contribution < 1.29 is 19.1 Å². The van der Waals surface area contributed by atoms with Gasteiger partial charge in [0.1, 0.15) is 16.7 Å². The van der Waals surface area contributed by atoms with E-state index in [1.54, 1.807) is 0 Å². The van der Waals surface area contributed by atoms with Gasteiger partial charge in [0.15, 0.2) is 0 Å². The fourth-order valence-electron chi connectivity index (χ4n) is 4.40. The van der Waals surface area contributed by atoms with Crippen molar-refractivity contribution in [3.05, 3.63) is 89.4 Å². The van der Waals surface area contributed by atoms with E-state index < -0.39 is 6.04 Å². The third-order valence-corrected chi connectivity index (χ3v) is 6.63. The van der Waals surface area contributed by atoms with Gasteiger partial charge in [-0.1, -0.05) is 60.2 Å². The molecule has 9 nitrogen and oxygen atoms in total. The van der Waals surface area contributed by atoms with Crippen LogP contribution >= 0.6 is 11.6 Å². The normalized spacial score (nSPS) is 15.5. The molecular formula is C30H30ClN5O4. The maximum Gasteiger partial charge on any atom is 0.292 e. The van der Waals surface area contributed by atoms with E-state index in [2.05, 4.69) is 25.7 Å². The molecule has 0 unspecified atom stereocenters. The van der Waals surface area contributed by atoms with Crippen LogP contribution < -0.4 is 16.0 Å². The maximum absolute atomic E-state index is 13.4. The van der Waals surface area contributed by atoms with Crippen molar-refractivity contribution in [2.75, 3.05) is 24.8 Å². The van der Waals surface area contributed by atoms with Crippen molar-refractivity contribution in [2.24, 2.45) is 0 Å². The number of carbonyl (C=O) groups excluding carboxylic acids is 3. The molecule has 0 fully saturated rings. The molecule has 1 aliphatic heterocycles. The molecule has 4 aromatic rings. The van der Waals surface area contributed by atoms with Crippen molar-refractivity contribution in [2.45, 2.75) is 25.3 Å². The Morgan fingerprint density at radius 3 is 2.67 bits per heavy atom. The number of allylic oxidation sites excluding steroid dienone is 1. The largest absolute Gasteiger partial charge is 0.471 e. The molecule has 0 spiro atoms. The van der Waals surface area contributed by atoms with Crippen molar-refractivity contribution >= 4 is 52.0 Å². The van der Waals surface area contributed by atoms with E-state index in [1.165, 1.54) is 7.11 Å². The Kier molecular flexibility index (Phi) is 9.53. The number of aromatic nitrogens is 2.